The predicted molar refractivity (Wildman–Crippen MR) is 99.7 cm³/mol. The number of aryl methyl sites for hydroxylation is 1. The number of aromatic nitrogens is 1. The van der Waals surface area contributed by atoms with Gasteiger partial charge in [-0.15, -0.1) is 11.3 Å². The summed E-state index contributed by atoms with van der Waals surface area (Å²) in [6.45, 7) is 4.68. The Morgan fingerprint density at radius 2 is 2.24 bits per heavy atom. The van der Waals surface area contributed by atoms with E-state index in [9.17, 15) is 4.79 Å². The van der Waals surface area contributed by atoms with Crippen molar-refractivity contribution < 1.29 is 14.3 Å². The van der Waals surface area contributed by atoms with Crippen molar-refractivity contribution in [2.24, 2.45) is 5.10 Å². The van der Waals surface area contributed by atoms with Crippen LogP contribution in [0.15, 0.2) is 28.7 Å². The van der Waals surface area contributed by atoms with E-state index in [4.69, 9.17) is 9.47 Å². The smallest absolute Gasteiger partial charge is 0.246 e. The molecule has 0 aliphatic heterocycles. The summed E-state index contributed by atoms with van der Waals surface area (Å²) in [7, 11) is 1.60. The van der Waals surface area contributed by atoms with E-state index in [-0.39, 0.29) is 12.3 Å². The van der Waals surface area contributed by atoms with E-state index in [1.165, 1.54) is 11.3 Å². The summed E-state index contributed by atoms with van der Waals surface area (Å²) in [4.78, 5) is 16.1. The standard InChI is InChI=1S/C18H23N3O3S/c1-4-5-8-24-16-7-6-14(9-17(16)23-3)11-19-21-18(22)10-15-12-25-13(2)20-15/h6-7,9,11-12H,4-5,8,10H2,1-3H3,(H,21,22)/b19-11-. The van der Waals surface area contributed by atoms with Gasteiger partial charge < -0.3 is 9.47 Å². The first-order chi connectivity index (χ1) is 12.1. The number of ether oxygens (including phenoxy) is 2. The van der Waals surface area contributed by atoms with Gasteiger partial charge in [0.05, 0.1) is 37.1 Å². The topological polar surface area (TPSA) is 72.8 Å². The molecule has 7 heteroatoms. The van der Waals surface area contributed by atoms with Crippen LogP contribution in [-0.2, 0) is 11.2 Å². The molecule has 0 aliphatic rings. The quantitative estimate of drug-likeness (QED) is 0.422. The third kappa shape index (κ3) is 6.19. The minimum Gasteiger partial charge on any atom is -0.493 e. The highest BCUT2D eigenvalue weighted by molar-refractivity contribution is 7.09. The van der Waals surface area contributed by atoms with Crippen LogP contribution in [0.4, 0.5) is 0 Å². The Morgan fingerprint density at radius 1 is 1.40 bits per heavy atom. The van der Waals surface area contributed by atoms with Crippen molar-refractivity contribution in [2.75, 3.05) is 13.7 Å². The van der Waals surface area contributed by atoms with E-state index < -0.39 is 0 Å². The summed E-state index contributed by atoms with van der Waals surface area (Å²) in [5, 5.41) is 6.80. The molecule has 2 aromatic rings. The van der Waals surface area contributed by atoms with Crippen molar-refractivity contribution in [3.05, 3.63) is 39.8 Å². The lowest BCUT2D eigenvalue weighted by molar-refractivity contribution is -0.120. The van der Waals surface area contributed by atoms with Crippen LogP contribution in [0.2, 0.25) is 0 Å². The summed E-state index contributed by atoms with van der Waals surface area (Å²) >= 11 is 1.52. The zero-order chi connectivity index (χ0) is 18.1. The number of thiazole rings is 1. The van der Waals surface area contributed by atoms with E-state index in [1.807, 2.05) is 30.5 Å². The Hall–Kier alpha value is -2.41. The van der Waals surface area contributed by atoms with Crippen molar-refractivity contribution in [3.63, 3.8) is 0 Å². The molecule has 6 nitrogen and oxygen atoms in total. The van der Waals surface area contributed by atoms with Crippen LogP contribution < -0.4 is 14.9 Å². The summed E-state index contributed by atoms with van der Waals surface area (Å²) in [6, 6.07) is 5.53. The second-order valence-electron chi connectivity index (χ2n) is 5.44. The Balaban J connectivity index is 1.90. The number of unbranched alkanes of at least 4 members (excludes halogenated alkanes) is 1. The highest BCUT2D eigenvalue weighted by Gasteiger charge is 2.06. The van der Waals surface area contributed by atoms with Crippen LogP contribution in [0.25, 0.3) is 0 Å². The van der Waals surface area contributed by atoms with Crippen LogP contribution in [0, 0.1) is 6.92 Å². The molecular formula is C18H23N3O3S. The Kier molecular flexibility index (Phi) is 7.40. The van der Waals surface area contributed by atoms with E-state index >= 15 is 0 Å². The van der Waals surface area contributed by atoms with E-state index in [2.05, 4.69) is 22.4 Å². The van der Waals surface area contributed by atoms with Crippen LogP contribution in [0.5, 0.6) is 11.5 Å². The van der Waals surface area contributed by atoms with Crippen molar-refractivity contribution in [2.45, 2.75) is 33.1 Å². The number of carbonyl (C=O) groups is 1. The van der Waals surface area contributed by atoms with E-state index in [0.29, 0.717) is 18.1 Å². The Morgan fingerprint density at radius 3 is 2.92 bits per heavy atom. The first kappa shape index (κ1) is 18.9. The van der Waals surface area contributed by atoms with E-state index in [1.54, 1.807) is 13.3 Å². The molecule has 1 N–H and O–H groups in total. The first-order valence-electron chi connectivity index (χ1n) is 8.16. The normalized spacial score (nSPS) is 10.8. The SMILES string of the molecule is CCCCOc1ccc(/C=N\NC(=O)Cc2csc(C)n2)cc1OC. The van der Waals surface area contributed by atoms with Gasteiger partial charge in [-0.05, 0) is 37.1 Å². The van der Waals surface area contributed by atoms with Gasteiger partial charge in [0.2, 0.25) is 5.91 Å². The molecule has 25 heavy (non-hydrogen) atoms. The van der Waals surface area contributed by atoms with Crippen LogP contribution in [-0.4, -0.2) is 30.8 Å². The molecule has 1 aromatic carbocycles. The molecule has 0 radical (unpaired) electrons. The third-order valence-corrected chi connectivity index (χ3v) is 4.18. The maximum atomic E-state index is 11.8. The van der Waals surface area contributed by atoms with Crippen molar-refractivity contribution in [1.29, 1.82) is 0 Å². The average Bonchev–Trinajstić information content (AvgIpc) is 3.00. The van der Waals surface area contributed by atoms with Crippen LogP contribution in [0.1, 0.15) is 36.0 Å². The fraction of sp³-hybridized carbons (Fsp3) is 0.389. The summed E-state index contributed by atoms with van der Waals surface area (Å²) in [5.41, 5.74) is 4.07. The zero-order valence-corrected chi connectivity index (χ0v) is 15.6. The van der Waals surface area contributed by atoms with Gasteiger partial charge in [-0.25, -0.2) is 10.4 Å². The number of nitrogens with one attached hydrogen (secondary N) is 1. The molecule has 0 aliphatic carbocycles. The molecule has 0 saturated heterocycles. The summed E-state index contributed by atoms with van der Waals surface area (Å²) < 4.78 is 11.0. The van der Waals surface area contributed by atoms with Crippen molar-refractivity contribution in [3.8, 4) is 11.5 Å². The van der Waals surface area contributed by atoms with Crippen molar-refractivity contribution >= 4 is 23.5 Å². The molecule has 1 aromatic heterocycles. The van der Waals surface area contributed by atoms with Crippen LogP contribution >= 0.6 is 11.3 Å². The number of carbonyl (C=O) groups excluding carboxylic acids is 1. The highest BCUT2D eigenvalue weighted by Crippen LogP contribution is 2.27. The lowest BCUT2D eigenvalue weighted by atomic mass is 10.2. The number of amides is 1. The molecule has 0 bridgehead atoms. The van der Waals surface area contributed by atoms with Gasteiger partial charge in [0.1, 0.15) is 0 Å². The van der Waals surface area contributed by atoms with Gasteiger partial charge in [-0.2, -0.15) is 5.10 Å². The second kappa shape index (κ2) is 9.78. The maximum absolute atomic E-state index is 11.8. The Labute approximate surface area is 151 Å². The van der Waals surface area contributed by atoms with Crippen LogP contribution in [0.3, 0.4) is 0 Å². The predicted octanol–water partition coefficient (Wildman–Crippen LogP) is 3.33. The largest absolute Gasteiger partial charge is 0.493 e. The molecule has 0 spiro atoms. The monoisotopic (exact) mass is 361 g/mol. The lowest BCUT2D eigenvalue weighted by Crippen LogP contribution is -2.19. The Bertz CT molecular complexity index is 728. The molecule has 1 amide bonds. The molecule has 0 atom stereocenters. The van der Waals surface area contributed by atoms with Gasteiger partial charge in [0, 0.05) is 5.38 Å². The van der Waals surface area contributed by atoms with Gasteiger partial charge >= 0.3 is 0 Å². The van der Waals surface area contributed by atoms with Gasteiger partial charge in [-0.3, -0.25) is 4.79 Å². The van der Waals surface area contributed by atoms with Crippen molar-refractivity contribution in [1.82, 2.24) is 10.4 Å². The minimum atomic E-state index is -0.201. The molecule has 0 unspecified atom stereocenters. The van der Waals surface area contributed by atoms with Gasteiger partial charge in [-0.1, -0.05) is 13.3 Å². The molecule has 0 saturated carbocycles. The molecule has 2 rings (SSSR count). The molecular weight excluding hydrogens is 338 g/mol. The number of nitrogens with zero attached hydrogens (tertiary/aromatic N) is 2. The zero-order valence-electron chi connectivity index (χ0n) is 14.7. The lowest BCUT2D eigenvalue weighted by Gasteiger charge is -2.10. The number of hydrogen-bond acceptors (Lipinski definition) is 6. The highest BCUT2D eigenvalue weighted by atomic mass is 32.1. The molecule has 0 fully saturated rings. The minimum absolute atomic E-state index is 0.201. The summed E-state index contributed by atoms with van der Waals surface area (Å²) in [5.74, 6) is 1.15. The number of benzene rings is 1. The summed E-state index contributed by atoms with van der Waals surface area (Å²) in [6.07, 6.45) is 3.86. The maximum Gasteiger partial charge on any atom is 0.246 e. The number of methoxy groups -OCH3 is 1. The molecule has 1 heterocycles. The van der Waals surface area contributed by atoms with Gasteiger partial charge in [0.25, 0.3) is 0 Å². The first-order valence-corrected chi connectivity index (χ1v) is 9.04. The van der Waals surface area contributed by atoms with E-state index in [0.717, 1.165) is 29.1 Å². The fourth-order valence-electron chi connectivity index (χ4n) is 2.08. The number of rotatable bonds is 9. The average molecular weight is 361 g/mol. The van der Waals surface area contributed by atoms with Gasteiger partial charge in [0.15, 0.2) is 11.5 Å². The number of hydrazone groups is 1. The molecule has 134 valence electrons. The number of hydrogen-bond donors (Lipinski definition) is 1. The fourth-order valence-corrected chi connectivity index (χ4v) is 2.70. The second-order valence-corrected chi connectivity index (χ2v) is 6.50. The third-order valence-electron chi connectivity index (χ3n) is 3.35.